The molecule has 0 spiro atoms. The molecule has 1 aromatic heterocycles. The van der Waals surface area contributed by atoms with Crippen molar-refractivity contribution in [3.8, 4) is 0 Å². The summed E-state index contributed by atoms with van der Waals surface area (Å²) in [5.41, 5.74) is 1.61. The standard InChI is InChI=1S/C20H26N4O2S/c1-15-21-19(17(27-15)13-16-7-5-4-6-8-16)20(26)23(3)14-18(25)24-11-9-22(2)10-12-24/h4-8H,9-14H2,1-3H3. The van der Waals surface area contributed by atoms with Crippen molar-refractivity contribution in [3.05, 3.63) is 51.5 Å². The molecule has 1 aromatic carbocycles. The topological polar surface area (TPSA) is 56.8 Å². The monoisotopic (exact) mass is 386 g/mol. The third-order valence-corrected chi connectivity index (χ3v) is 5.76. The predicted molar refractivity (Wildman–Crippen MR) is 107 cm³/mol. The molecular weight excluding hydrogens is 360 g/mol. The SMILES string of the molecule is Cc1nc(C(=O)N(C)CC(=O)N2CCN(C)CC2)c(Cc2ccccc2)s1. The van der Waals surface area contributed by atoms with Crippen LogP contribution in [0.15, 0.2) is 30.3 Å². The Bertz CT molecular complexity index is 798. The van der Waals surface area contributed by atoms with Crippen LogP contribution in [0.2, 0.25) is 0 Å². The molecule has 1 aliphatic heterocycles. The summed E-state index contributed by atoms with van der Waals surface area (Å²) in [6.45, 7) is 5.17. The molecule has 2 heterocycles. The van der Waals surface area contributed by atoms with Gasteiger partial charge in [0, 0.05) is 44.5 Å². The summed E-state index contributed by atoms with van der Waals surface area (Å²) >= 11 is 1.54. The van der Waals surface area contributed by atoms with E-state index in [1.165, 1.54) is 4.90 Å². The van der Waals surface area contributed by atoms with Crippen molar-refractivity contribution in [1.29, 1.82) is 0 Å². The van der Waals surface area contributed by atoms with Gasteiger partial charge in [-0.15, -0.1) is 11.3 Å². The third-order valence-electron chi connectivity index (χ3n) is 4.79. The van der Waals surface area contributed by atoms with Gasteiger partial charge < -0.3 is 14.7 Å². The Labute approximate surface area is 164 Å². The van der Waals surface area contributed by atoms with E-state index >= 15 is 0 Å². The van der Waals surface area contributed by atoms with Crippen molar-refractivity contribution in [2.24, 2.45) is 0 Å². The summed E-state index contributed by atoms with van der Waals surface area (Å²) in [6.07, 6.45) is 0.674. The summed E-state index contributed by atoms with van der Waals surface area (Å²) in [6, 6.07) is 10.1. The Balaban J connectivity index is 1.67. The molecule has 2 amide bonds. The molecule has 3 rings (SSSR count). The van der Waals surface area contributed by atoms with E-state index in [4.69, 9.17) is 0 Å². The number of nitrogens with zero attached hydrogens (tertiary/aromatic N) is 4. The predicted octanol–water partition coefficient (Wildman–Crippen LogP) is 1.89. The normalized spacial score (nSPS) is 15.0. The van der Waals surface area contributed by atoms with E-state index in [2.05, 4.69) is 16.9 Å². The lowest BCUT2D eigenvalue weighted by molar-refractivity contribution is -0.133. The fraction of sp³-hybridized carbons (Fsp3) is 0.450. The van der Waals surface area contributed by atoms with Crippen LogP contribution in [0.4, 0.5) is 0 Å². The second-order valence-electron chi connectivity index (χ2n) is 7.01. The van der Waals surface area contributed by atoms with Gasteiger partial charge in [0.25, 0.3) is 5.91 Å². The summed E-state index contributed by atoms with van der Waals surface area (Å²) in [5.74, 6) is -0.191. The zero-order chi connectivity index (χ0) is 19.4. The first-order valence-corrected chi connectivity index (χ1v) is 9.97. The smallest absolute Gasteiger partial charge is 0.273 e. The molecule has 27 heavy (non-hydrogen) atoms. The lowest BCUT2D eigenvalue weighted by atomic mass is 10.1. The van der Waals surface area contributed by atoms with E-state index in [1.54, 1.807) is 18.4 Å². The molecule has 0 aliphatic carbocycles. The molecule has 0 bridgehead atoms. The van der Waals surface area contributed by atoms with Gasteiger partial charge >= 0.3 is 0 Å². The van der Waals surface area contributed by atoms with Crippen molar-refractivity contribution < 1.29 is 9.59 Å². The lowest BCUT2D eigenvalue weighted by Gasteiger charge is -2.33. The Morgan fingerprint density at radius 1 is 1.15 bits per heavy atom. The van der Waals surface area contributed by atoms with Crippen LogP contribution < -0.4 is 0 Å². The van der Waals surface area contributed by atoms with E-state index in [-0.39, 0.29) is 18.4 Å². The summed E-state index contributed by atoms with van der Waals surface area (Å²) in [5, 5.41) is 0.864. The third kappa shape index (κ3) is 4.93. The first-order valence-electron chi connectivity index (χ1n) is 9.16. The fourth-order valence-corrected chi connectivity index (χ4v) is 4.11. The molecule has 0 atom stereocenters. The number of piperazine rings is 1. The van der Waals surface area contributed by atoms with Crippen LogP contribution >= 0.6 is 11.3 Å². The van der Waals surface area contributed by atoms with Crippen LogP contribution in [-0.4, -0.2) is 78.3 Å². The fourth-order valence-electron chi connectivity index (χ4n) is 3.15. The molecule has 0 unspecified atom stereocenters. The molecule has 7 heteroatoms. The molecule has 0 N–H and O–H groups in total. The van der Waals surface area contributed by atoms with Crippen molar-refractivity contribution >= 4 is 23.2 Å². The summed E-state index contributed by atoms with van der Waals surface area (Å²) < 4.78 is 0. The van der Waals surface area contributed by atoms with Crippen molar-refractivity contribution in [2.75, 3.05) is 46.8 Å². The number of amides is 2. The van der Waals surface area contributed by atoms with E-state index in [0.29, 0.717) is 25.2 Å². The largest absolute Gasteiger partial charge is 0.339 e. The van der Waals surface area contributed by atoms with Crippen molar-refractivity contribution in [1.82, 2.24) is 19.7 Å². The average molecular weight is 387 g/mol. The summed E-state index contributed by atoms with van der Waals surface area (Å²) in [4.78, 5) is 36.4. The highest BCUT2D eigenvalue weighted by Crippen LogP contribution is 2.23. The molecule has 0 saturated carbocycles. The van der Waals surface area contributed by atoms with Crippen LogP contribution in [0, 0.1) is 6.92 Å². The Morgan fingerprint density at radius 2 is 1.81 bits per heavy atom. The zero-order valence-electron chi connectivity index (χ0n) is 16.1. The second-order valence-corrected chi connectivity index (χ2v) is 8.30. The van der Waals surface area contributed by atoms with E-state index in [1.807, 2.05) is 42.2 Å². The van der Waals surface area contributed by atoms with Crippen LogP contribution in [-0.2, 0) is 11.2 Å². The number of thiazole rings is 1. The van der Waals surface area contributed by atoms with E-state index in [0.717, 1.165) is 28.5 Å². The minimum atomic E-state index is -0.187. The van der Waals surface area contributed by atoms with Gasteiger partial charge in [-0.1, -0.05) is 30.3 Å². The molecule has 6 nitrogen and oxygen atoms in total. The average Bonchev–Trinajstić information content (AvgIpc) is 3.02. The first-order chi connectivity index (χ1) is 12.9. The number of aryl methyl sites for hydroxylation is 1. The number of hydrogen-bond donors (Lipinski definition) is 0. The highest BCUT2D eigenvalue weighted by molar-refractivity contribution is 7.11. The molecule has 2 aromatic rings. The van der Waals surface area contributed by atoms with Crippen LogP contribution in [0.1, 0.15) is 25.9 Å². The number of likely N-dealkylation sites (N-methyl/N-ethyl adjacent to an activating group) is 2. The molecule has 1 saturated heterocycles. The highest BCUT2D eigenvalue weighted by Gasteiger charge is 2.25. The highest BCUT2D eigenvalue weighted by atomic mass is 32.1. The maximum Gasteiger partial charge on any atom is 0.273 e. The van der Waals surface area contributed by atoms with Gasteiger partial charge in [0.05, 0.1) is 11.6 Å². The zero-order valence-corrected chi connectivity index (χ0v) is 17.0. The van der Waals surface area contributed by atoms with Gasteiger partial charge in [-0.25, -0.2) is 4.98 Å². The first kappa shape index (κ1) is 19.5. The maximum atomic E-state index is 12.9. The minimum absolute atomic E-state index is 0.00416. The number of carbonyl (C=O) groups excluding carboxylic acids is 2. The molecule has 1 fully saturated rings. The number of benzene rings is 1. The Hall–Kier alpha value is -2.25. The van der Waals surface area contributed by atoms with Gasteiger partial charge in [-0.3, -0.25) is 9.59 Å². The Kier molecular flexibility index (Phi) is 6.23. The molecule has 0 radical (unpaired) electrons. The number of rotatable bonds is 5. The van der Waals surface area contributed by atoms with E-state index in [9.17, 15) is 9.59 Å². The molecule has 1 aliphatic rings. The quantitative estimate of drug-likeness (QED) is 0.787. The van der Waals surface area contributed by atoms with E-state index < -0.39 is 0 Å². The van der Waals surface area contributed by atoms with Crippen LogP contribution in [0.25, 0.3) is 0 Å². The van der Waals surface area contributed by atoms with Gasteiger partial charge in [0.1, 0.15) is 5.69 Å². The van der Waals surface area contributed by atoms with Gasteiger partial charge in [0.15, 0.2) is 0 Å². The minimum Gasteiger partial charge on any atom is -0.339 e. The Morgan fingerprint density at radius 3 is 2.48 bits per heavy atom. The van der Waals surface area contributed by atoms with Gasteiger partial charge in [0.2, 0.25) is 5.91 Å². The maximum absolute atomic E-state index is 12.9. The molecule has 144 valence electrons. The molecular formula is C20H26N4O2S. The van der Waals surface area contributed by atoms with Crippen molar-refractivity contribution in [3.63, 3.8) is 0 Å². The van der Waals surface area contributed by atoms with Gasteiger partial charge in [-0.2, -0.15) is 0 Å². The van der Waals surface area contributed by atoms with Gasteiger partial charge in [-0.05, 0) is 19.5 Å². The number of carbonyl (C=O) groups is 2. The van der Waals surface area contributed by atoms with Crippen LogP contribution in [0.5, 0.6) is 0 Å². The second kappa shape index (κ2) is 8.63. The number of aromatic nitrogens is 1. The summed E-state index contributed by atoms with van der Waals surface area (Å²) in [7, 11) is 3.73. The number of hydrogen-bond acceptors (Lipinski definition) is 5. The van der Waals surface area contributed by atoms with Crippen molar-refractivity contribution in [2.45, 2.75) is 13.3 Å². The lowest BCUT2D eigenvalue weighted by Crippen LogP contribution is -2.50. The van der Waals surface area contributed by atoms with Crippen LogP contribution in [0.3, 0.4) is 0 Å².